The van der Waals surface area contributed by atoms with Crippen molar-refractivity contribution in [2.75, 3.05) is 13.1 Å². The molecule has 0 aromatic rings. The highest BCUT2D eigenvalue weighted by Crippen LogP contribution is 2.55. The second-order valence-corrected chi connectivity index (χ2v) is 9.80. The molecule has 148 valence electrons. The molecule has 10 heteroatoms. The first-order valence-corrected chi connectivity index (χ1v) is 10.3. The summed E-state index contributed by atoms with van der Waals surface area (Å²) in [6, 6.07) is 0. The minimum atomic E-state index is -5.50. The Labute approximate surface area is 150 Å². The van der Waals surface area contributed by atoms with Crippen LogP contribution < -0.4 is 5.32 Å². The van der Waals surface area contributed by atoms with E-state index in [1.165, 1.54) is 6.92 Å². The Morgan fingerprint density at radius 2 is 1.54 bits per heavy atom. The van der Waals surface area contributed by atoms with Gasteiger partial charge in [-0.3, -0.25) is 9.59 Å². The largest absolute Gasteiger partial charge is 0.467 e. The van der Waals surface area contributed by atoms with E-state index in [1.807, 2.05) is 0 Å². The van der Waals surface area contributed by atoms with Crippen LogP contribution in [0, 0.1) is 17.8 Å². The fraction of sp³-hybridized carbons (Fsp3) is 0.875. The zero-order valence-electron chi connectivity index (χ0n) is 14.5. The number of hydrogen-bond donors (Lipinski definition) is 1. The number of carbonyl (C=O) groups excluding carboxylic acids is 2. The standard InChI is InChI=1S/C16H23F3N2O4S/c1-2-21(26(24,25)14(23)16(17,18)19)9-13(22)20-15-6-10-3-11(7-15)5-12(4-10)8-15/h10-12H,2-9H2,1H3,(H,20,22). The second-order valence-electron chi connectivity index (χ2n) is 7.96. The van der Waals surface area contributed by atoms with Crippen LogP contribution >= 0.6 is 0 Å². The van der Waals surface area contributed by atoms with Gasteiger partial charge in [0.05, 0.1) is 6.54 Å². The Hall–Kier alpha value is -1.16. The van der Waals surface area contributed by atoms with Crippen LogP contribution in [-0.4, -0.2) is 48.6 Å². The van der Waals surface area contributed by atoms with Gasteiger partial charge in [0.2, 0.25) is 5.91 Å². The summed E-state index contributed by atoms with van der Waals surface area (Å²) in [5.41, 5.74) is -0.372. The predicted molar refractivity (Wildman–Crippen MR) is 86.3 cm³/mol. The van der Waals surface area contributed by atoms with Crippen molar-refractivity contribution in [2.24, 2.45) is 17.8 Å². The third-order valence-electron chi connectivity index (χ3n) is 5.92. The van der Waals surface area contributed by atoms with Gasteiger partial charge in [-0.15, -0.1) is 0 Å². The quantitative estimate of drug-likeness (QED) is 0.768. The molecule has 4 bridgehead atoms. The van der Waals surface area contributed by atoms with Gasteiger partial charge < -0.3 is 5.32 Å². The Balaban J connectivity index is 1.68. The molecule has 4 saturated carbocycles. The molecule has 26 heavy (non-hydrogen) atoms. The van der Waals surface area contributed by atoms with Crippen LogP contribution in [0.5, 0.6) is 0 Å². The van der Waals surface area contributed by atoms with E-state index in [-0.39, 0.29) is 5.54 Å². The zero-order chi connectivity index (χ0) is 19.3. The lowest BCUT2D eigenvalue weighted by molar-refractivity contribution is -0.161. The first-order chi connectivity index (χ1) is 11.9. The van der Waals surface area contributed by atoms with Crippen molar-refractivity contribution in [1.82, 2.24) is 9.62 Å². The average Bonchev–Trinajstić information content (AvgIpc) is 2.48. The second kappa shape index (κ2) is 6.47. The van der Waals surface area contributed by atoms with Gasteiger partial charge in [0.1, 0.15) is 0 Å². The molecule has 0 aromatic carbocycles. The average molecular weight is 396 g/mol. The zero-order valence-corrected chi connectivity index (χ0v) is 15.3. The highest BCUT2D eigenvalue weighted by Gasteiger charge is 2.53. The van der Waals surface area contributed by atoms with Crippen molar-refractivity contribution in [3.8, 4) is 0 Å². The summed E-state index contributed by atoms with van der Waals surface area (Å²) >= 11 is 0. The number of halogens is 3. The molecule has 0 heterocycles. The van der Waals surface area contributed by atoms with Gasteiger partial charge in [0.25, 0.3) is 10.0 Å². The van der Waals surface area contributed by atoms with Crippen molar-refractivity contribution in [3.05, 3.63) is 0 Å². The maximum absolute atomic E-state index is 12.5. The van der Waals surface area contributed by atoms with Crippen LogP contribution in [0.1, 0.15) is 45.4 Å². The molecule has 6 nitrogen and oxygen atoms in total. The minimum Gasteiger partial charge on any atom is -0.349 e. The molecule has 4 fully saturated rings. The van der Waals surface area contributed by atoms with Crippen molar-refractivity contribution >= 4 is 21.0 Å². The summed E-state index contributed by atoms with van der Waals surface area (Å²) in [5.74, 6) is 1.02. The van der Waals surface area contributed by atoms with Gasteiger partial charge in [-0.05, 0) is 56.3 Å². The number of nitrogens with one attached hydrogen (secondary N) is 1. The van der Waals surface area contributed by atoms with E-state index in [0.717, 1.165) is 38.5 Å². The molecule has 4 aliphatic carbocycles. The molecule has 4 aliphatic rings. The van der Waals surface area contributed by atoms with E-state index in [1.54, 1.807) is 0 Å². The number of hydrogen-bond acceptors (Lipinski definition) is 4. The fourth-order valence-electron chi connectivity index (χ4n) is 5.39. The lowest BCUT2D eigenvalue weighted by atomic mass is 9.53. The van der Waals surface area contributed by atoms with Gasteiger partial charge in [-0.1, -0.05) is 6.92 Å². The van der Waals surface area contributed by atoms with Crippen molar-refractivity contribution in [1.29, 1.82) is 0 Å². The number of amides is 1. The number of nitrogens with zero attached hydrogens (tertiary/aromatic N) is 1. The Bertz CT molecular complexity index is 669. The first-order valence-electron chi connectivity index (χ1n) is 8.87. The topological polar surface area (TPSA) is 83.6 Å². The SMILES string of the molecule is CCN(CC(=O)NC12CC3CC(CC(C3)C1)C2)S(=O)(=O)C(=O)C(F)(F)F. The number of carbonyl (C=O) groups is 2. The number of sulfonamides is 1. The number of rotatable bonds is 5. The van der Waals surface area contributed by atoms with E-state index in [4.69, 9.17) is 0 Å². The van der Waals surface area contributed by atoms with Gasteiger partial charge in [0, 0.05) is 12.1 Å². The molecule has 0 aromatic heterocycles. The summed E-state index contributed by atoms with van der Waals surface area (Å²) in [4.78, 5) is 23.6. The molecule has 1 N–H and O–H groups in total. The molecule has 1 amide bonds. The summed E-state index contributed by atoms with van der Waals surface area (Å²) in [6.07, 6.45) is 0.490. The Morgan fingerprint density at radius 3 is 1.92 bits per heavy atom. The van der Waals surface area contributed by atoms with Gasteiger partial charge >= 0.3 is 11.3 Å². The highest BCUT2D eigenvalue weighted by molar-refractivity contribution is 8.04. The van der Waals surface area contributed by atoms with Crippen LogP contribution in [0.2, 0.25) is 0 Å². The summed E-state index contributed by atoms with van der Waals surface area (Å²) in [7, 11) is -5.26. The van der Waals surface area contributed by atoms with Crippen LogP contribution in [-0.2, 0) is 19.6 Å². The lowest BCUT2D eigenvalue weighted by Crippen LogP contribution is -2.61. The molecular weight excluding hydrogens is 373 g/mol. The van der Waals surface area contributed by atoms with Crippen LogP contribution in [0.3, 0.4) is 0 Å². The normalized spacial score (nSPS) is 33.5. The Morgan fingerprint density at radius 1 is 1.08 bits per heavy atom. The van der Waals surface area contributed by atoms with Crippen molar-refractivity contribution in [3.63, 3.8) is 0 Å². The van der Waals surface area contributed by atoms with E-state index < -0.39 is 40.3 Å². The summed E-state index contributed by atoms with van der Waals surface area (Å²) in [6.45, 7) is 0.125. The van der Waals surface area contributed by atoms with Crippen molar-refractivity contribution in [2.45, 2.75) is 57.2 Å². The molecule has 0 radical (unpaired) electrons. The van der Waals surface area contributed by atoms with E-state index >= 15 is 0 Å². The third kappa shape index (κ3) is 3.62. The molecule has 0 atom stereocenters. The van der Waals surface area contributed by atoms with Gasteiger partial charge in [-0.2, -0.15) is 17.5 Å². The van der Waals surface area contributed by atoms with Crippen LogP contribution in [0.4, 0.5) is 13.2 Å². The van der Waals surface area contributed by atoms with E-state index in [0.29, 0.717) is 22.1 Å². The Kier molecular flexibility index (Phi) is 4.88. The predicted octanol–water partition coefficient (Wildman–Crippen LogP) is 1.81. The molecule has 0 aliphatic heterocycles. The number of alkyl halides is 3. The minimum absolute atomic E-state index is 0.290. The smallest absolute Gasteiger partial charge is 0.349 e. The van der Waals surface area contributed by atoms with E-state index in [9.17, 15) is 31.2 Å². The molecular formula is C16H23F3N2O4S. The maximum atomic E-state index is 12.5. The van der Waals surface area contributed by atoms with E-state index in [2.05, 4.69) is 5.32 Å². The highest BCUT2D eigenvalue weighted by atomic mass is 32.2. The van der Waals surface area contributed by atoms with Crippen LogP contribution in [0.15, 0.2) is 0 Å². The summed E-state index contributed by atoms with van der Waals surface area (Å²) < 4.78 is 61.6. The third-order valence-corrected chi connectivity index (χ3v) is 7.69. The summed E-state index contributed by atoms with van der Waals surface area (Å²) in [5, 5.41) is 0.0630. The molecule has 4 rings (SSSR count). The molecule has 0 spiro atoms. The monoisotopic (exact) mass is 396 g/mol. The molecule has 0 unspecified atom stereocenters. The fourth-order valence-corrected chi connectivity index (χ4v) is 6.54. The lowest BCUT2D eigenvalue weighted by Gasteiger charge is -2.57. The van der Waals surface area contributed by atoms with Gasteiger partial charge in [-0.25, -0.2) is 8.42 Å². The van der Waals surface area contributed by atoms with Gasteiger partial charge in [0.15, 0.2) is 0 Å². The van der Waals surface area contributed by atoms with Crippen LogP contribution in [0.25, 0.3) is 0 Å². The van der Waals surface area contributed by atoms with Crippen molar-refractivity contribution < 1.29 is 31.2 Å². The first kappa shape index (κ1) is 19.6. The maximum Gasteiger partial charge on any atom is 0.467 e. The number of likely N-dealkylation sites (N-methyl/N-ethyl adjacent to an activating group) is 1. The molecule has 0 saturated heterocycles.